The molecule has 110 valence electrons. The number of carbonyl (C=O) groups excluding carboxylic acids is 1. The number of hydrogen-bond acceptors (Lipinski definition) is 2. The Kier molecular flexibility index (Phi) is 5.72. The van der Waals surface area contributed by atoms with Crippen molar-refractivity contribution < 1.29 is 9.53 Å². The lowest BCUT2D eigenvalue weighted by molar-refractivity contribution is 0.0938. The maximum Gasteiger partial charge on any atom is 0.251 e. The summed E-state index contributed by atoms with van der Waals surface area (Å²) in [7, 11) is 0. The number of nitrogens with one attached hydrogen (secondary N) is 1. The minimum Gasteiger partial charge on any atom is -0.494 e. The second-order valence-electron chi connectivity index (χ2n) is 5.25. The van der Waals surface area contributed by atoms with Gasteiger partial charge in [-0.3, -0.25) is 4.79 Å². The standard InChI is InChI=1S/C16H22ClNO2/c1-2-3-11-20-13-9-7-12(8-10-13)16(19)18-15-6-4-5-14(15)17/h7-10,14-15H,2-6,11H2,1H3,(H,18,19). The van der Waals surface area contributed by atoms with Crippen LogP contribution in [0, 0.1) is 0 Å². The van der Waals surface area contributed by atoms with Crippen LogP contribution in [0.2, 0.25) is 0 Å². The van der Waals surface area contributed by atoms with Gasteiger partial charge in [0.15, 0.2) is 0 Å². The molecule has 1 amide bonds. The van der Waals surface area contributed by atoms with E-state index < -0.39 is 0 Å². The Morgan fingerprint density at radius 3 is 2.70 bits per heavy atom. The predicted octanol–water partition coefficient (Wildman–Crippen LogP) is 3.76. The summed E-state index contributed by atoms with van der Waals surface area (Å²) in [6.07, 6.45) is 5.20. The quantitative estimate of drug-likeness (QED) is 0.641. The molecule has 1 N–H and O–H groups in total. The zero-order valence-electron chi connectivity index (χ0n) is 11.9. The summed E-state index contributed by atoms with van der Waals surface area (Å²) in [5, 5.41) is 3.07. The van der Waals surface area contributed by atoms with Gasteiger partial charge in [0.05, 0.1) is 12.0 Å². The molecular formula is C16H22ClNO2. The Morgan fingerprint density at radius 1 is 1.35 bits per heavy atom. The third-order valence-corrected chi connectivity index (χ3v) is 4.15. The molecule has 4 heteroatoms. The van der Waals surface area contributed by atoms with E-state index in [4.69, 9.17) is 16.3 Å². The molecule has 20 heavy (non-hydrogen) atoms. The summed E-state index contributed by atoms with van der Waals surface area (Å²) in [4.78, 5) is 12.1. The number of amides is 1. The molecule has 0 aliphatic heterocycles. The Morgan fingerprint density at radius 2 is 2.10 bits per heavy atom. The SMILES string of the molecule is CCCCOc1ccc(C(=O)NC2CCCC2Cl)cc1. The van der Waals surface area contributed by atoms with Crippen molar-refractivity contribution in [2.45, 2.75) is 50.4 Å². The van der Waals surface area contributed by atoms with Crippen molar-refractivity contribution in [2.24, 2.45) is 0 Å². The molecule has 1 aliphatic carbocycles. The molecule has 1 aromatic carbocycles. The van der Waals surface area contributed by atoms with Crippen LogP contribution in [0.1, 0.15) is 49.4 Å². The van der Waals surface area contributed by atoms with E-state index in [2.05, 4.69) is 12.2 Å². The summed E-state index contributed by atoms with van der Waals surface area (Å²) in [6.45, 7) is 2.85. The Hall–Kier alpha value is -1.22. The Labute approximate surface area is 125 Å². The third-order valence-electron chi connectivity index (χ3n) is 3.63. The van der Waals surface area contributed by atoms with Crippen LogP contribution in [0.5, 0.6) is 5.75 Å². The van der Waals surface area contributed by atoms with E-state index in [1.807, 2.05) is 12.1 Å². The Balaban J connectivity index is 1.87. The molecule has 1 aliphatic rings. The fraction of sp³-hybridized carbons (Fsp3) is 0.562. The minimum atomic E-state index is -0.0531. The van der Waals surface area contributed by atoms with Gasteiger partial charge in [-0.2, -0.15) is 0 Å². The highest BCUT2D eigenvalue weighted by Gasteiger charge is 2.26. The average Bonchev–Trinajstić information content (AvgIpc) is 2.85. The molecule has 0 spiro atoms. The van der Waals surface area contributed by atoms with Crippen LogP contribution in [-0.2, 0) is 0 Å². The van der Waals surface area contributed by atoms with Gasteiger partial charge in [-0.05, 0) is 49.9 Å². The molecule has 0 radical (unpaired) electrons. The van der Waals surface area contributed by atoms with Crippen LogP contribution in [-0.4, -0.2) is 23.9 Å². The number of hydrogen-bond donors (Lipinski definition) is 1. The molecule has 1 aromatic rings. The maximum absolute atomic E-state index is 12.1. The maximum atomic E-state index is 12.1. The van der Waals surface area contributed by atoms with Crippen molar-refractivity contribution in [3.8, 4) is 5.75 Å². The summed E-state index contributed by atoms with van der Waals surface area (Å²) in [5.74, 6) is 0.758. The predicted molar refractivity (Wildman–Crippen MR) is 81.6 cm³/mol. The van der Waals surface area contributed by atoms with Gasteiger partial charge in [-0.15, -0.1) is 11.6 Å². The van der Waals surface area contributed by atoms with Crippen molar-refractivity contribution >= 4 is 17.5 Å². The second-order valence-corrected chi connectivity index (χ2v) is 5.81. The van der Waals surface area contributed by atoms with E-state index in [9.17, 15) is 4.79 Å². The fourth-order valence-electron chi connectivity index (χ4n) is 2.37. The third kappa shape index (κ3) is 4.14. The minimum absolute atomic E-state index is 0.0531. The zero-order chi connectivity index (χ0) is 14.4. The topological polar surface area (TPSA) is 38.3 Å². The number of ether oxygens (including phenoxy) is 1. The van der Waals surface area contributed by atoms with Gasteiger partial charge in [0.25, 0.3) is 5.91 Å². The molecule has 0 bridgehead atoms. The van der Waals surface area contributed by atoms with Crippen molar-refractivity contribution in [3.05, 3.63) is 29.8 Å². The molecule has 0 heterocycles. The van der Waals surface area contributed by atoms with Gasteiger partial charge in [0, 0.05) is 11.6 Å². The molecule has 3 nitrogen and oxygen atoms in total. The molecule has 0 saturated heterocycles. The van der Waals surface area contributed by atoms with Crippen LogP contribution in [0.25, 0.3) is 0 Å². The van der Waals surface area contributed by atoms with E-state index >= 15 is 0 Å². The largest absolute Gasteiger partial charge is 0.494 e. The summed E-state index contributed by atoms with van der Waals surface area (Å²) in [6, 6.07) is 7.39. The zero-order valence-corrected chi connectivity index (χ0v) is 12.7. The van der Waals surface area contributed by atoms with E-state index in [0.29, 0.717) is 5.56 Å². The number of alkyl halides is 1. The van der Waals surface area contributed by atoms with Crippen LogP contribution in [0.4, 0.5) is 0 Å². The van der Waals surface area contributed by atoms with Crippen molar-refractivity contribution in [1.29, 1.82) is 0 Å². The van der Waals surface area contributed by atoms with Crippen LogP contribution < -0.4 is 10.1 Å². The molecule has 2 unspecified atom stereocenters. The van der Waals surface area contributed by atoms with E-state index in [0.717, 1.165) is 44.5 Å². The molecule has 0 aromatic heterocycles. The highest BCUT2D eigenvalue weighted by molar-refractivity contribution is 6.21. The van der Waals surface area contributed by atoms with Crippen LogP contribution in [0.15, 0.2) is 24.3 Å². The number of rotatable bonds is 6. The molecular weight excluding hydrogens is 274 g/mol. The van der Waals surface area contributed by atoms with Crippen molar-refractivity contribution in [3.63, 3.8) is 0 Å². The van der Waals surface area contributed by atoms with E-state index in [1.54, 1.807) is 12.1 Å². The highest BCUT2D eigenvalue weighted by atomic mass is 35.5. The normalized spacial score (nSPS) is 21.7. The van der Waals surface area contributed by atoms with Gasteiger partial charge in [-0.1, -0.05) is 13.3 Å². The van der Waals surface area contributed by atoms with Crippen LogP contribution in [0.3, 0.4) is 0 Å². The lowest BCUT2D eigenvalue weighted by atomic mass is 10.1. The number of halogens is 1. The van der Waals surface area contributed by atoms with Gasteiger partial charge >= 0.3 is 0 Å². The van der Waals surface area contributed by atoms with Gasteiger partial charge in [0.1, 0.15) is 5.75 Å². The summed E-state index contributed by atoms with van der Waals surface area (Å²) >= 11 is 6.17. The second kappa shape index (κ2) is 7.53. The molecule has 2 atom stereocenters. The lowest BCUT2D eigenvalue weighted by Crippen LogP contribution is -2.37. The molecule has 2 rings (SSSR count). The smallest absolute Gasteiger partial charge is 0.251 e. The lowest BCUT2D eigenvalue weighted by Gasteiger charge is -2.16. The number of unbranched alkanes of at least 4 members (excludes halogenated alkanes) is 1. The number of carbonyl (C=O) groups is 1. The molecule has 1 saturated carbocycles. The van der Waals surface area contributed by atoms with Gasteiger partial charge in [-0.25, -0.2) is 0 Å². The first-order chi connectivity index (χ1) is 9.70. The highest BCUT2D eigenvalue weighted by Crippen LogP contribution is 2.24. The molecule has 1 fully saturated rings. The van der Waals surface area contributed by atoms with Crippen molar-refractivity contribution in [2.75, 3.05) is 6.61 Å². The fourth-order valence-corrected chi connectivity index (χ4v) is 2.71. The number of benzene rings is 1. The van der Waals surface area contributed by atoms with E-state index in [1.165, 1.54) is 0 Å². The Bertz CT molecular complexity index is 433. The first kappa shape index (κ1) is 15.2. The first-order valence-corrected chi connectivity index (χ1v) is 7.82. The summed E-state index contributed by atoms with van der Waals surface area (Å²) in [5.41, 5.74) is 0.656. The van der Waals surface area contributed by atoms with Crippen LogP contribution >= 0.6 is 11.6 Å². The summed E-state index contributed by atoms with van der Waals surface area (Å²) < 4.78 is 5.58. The first-order valence-electron chi connectivity index (χ1n) is 7.38. The average molecular weight is 296 g/mol. The van der Waals surface area contributed by atoms with Gasteiger partial charge < -0.3 is 10.1 Å². The van der Waals surface area contributed by atoms with Crippen molar-refractivity contribution in [1.82, 2.24) is 5.32 Å². The van der Waals surface area contributed by atoms with Gasteiger partial charge in [0.2, 0.25) is 0 Å². The monoisotopic (exact) mass is 295 g/mol. The van der Waals surface area contributed by atoms with E-state index in [-0.39, 0.29) is 17.3 Å².